The highest BCUT2D eigenvalue weighted by Crippen LogP contribution is 2.45. The van der Waals surface area contributed by atoms with Crippen molar-refractivity contribution in [2.24, 2.45) is 7.05 Å². The van der Waals surface area contributed by atoms with Crippen LogP contribution in [0.4, 0.5) is 8.78 Å². The first kappa shape index (κ1) is 22.3. The molecule has 0 radical (unpaired) electrons. The highest BCUT2D eigenvalue weighted by molar-refractivity contribution is 7.22. The van der Waals surface area contributed by atoms with Gasteiger partial charge in [0.05, 0.1) is 34.5 Å². The van der Waals surface area contributed by atoms with Crippen molar-refractivity contribution in [2.75, 3.05) is 0 Å². The number of imidazole rings is 1. The molecule has 0 unspecified atom stereocenters. The summed E-state index contributed by atoms with van der Waals surface area (Å²) in [5.74, 6) is 0. The minimum atomic E-state index is -2.50. The van der Waals surface area contributed by atoms with E-state index in [1.807, 2.05) is 16.8 Å². The van der Waals surface area contributed by atoms with Crippen LogP contribution in [0.15, 0.2) is 47.9 Å². The van der Waals surface area contributed by atoms with Gasteiger partial charge in [-0.05, 0) is 25.0 Å². The van der Waals surface area contributed by atoms with Gasteiger partial charge < -0.3 is 4.98 Å². The summed E-state index contributed by atoms with van der Waals surface area (Å²) in [6.45, 7) is -0.480. The van der Waals surface area contributed by atoms with Crippen LogP contribution in [0.1, 0.15) is 31.7 Å². The zero-order valence-electron chi connectivity index (χ0n) is 20.0. The van der Waals surface area contributed by atoms with Gasteiger partial charge in [-0.2, -0.15) is 5.10 Å². The smallest absolute Gasteiger partial charge is 0.329 e. The van der Waals surface area contributed by atoms with E-state index in [1.165, 1.54) is 4.68 Å². The fourth-order valence-electron chi connectivity index (χ4n) is 5.68. The Bertz CT molecular complexity index is 1820. The highest BCUT2D eigenvalue weighted by atomic mass is 32.1. The molecule has 0 atom stereocenters. The quantitative estimate of drug-likeness (QED) is 0.315. The van der Waals surface area contributed by atoms with Crippen molar-refractivity contribution in [2.45, 2.75) is 44.7 Å². The third-order valence-corrected chi connectivity index (χ3v) is 8.50. The van der Waals surface area contributed by atoms with Gasteiger partial charge in [0.2, 0.25) is 0 Å². The molecule has 0 aromatic carbocycles. The largest absolute Gasteiger partial charge is 0.339 e. The molecule has 0 amide bonds. The van der Waals surface area contributed by atoms with Gasteiger partial charge in [0.25, 0.3) is 6.43 Å². The minimum absolute atomic E-state index is 0.0461. The van der Waals surface area contributed by atoms with E-state index >= 15 is 0 Å². The molecule has 0 aliphatic heterocycles. The normalized spacial score (nSPS) is 14.8. The predicted molar refractivity (Wildman–Crippen MR) is 140 cm³/mol. The van der Waals surface area contributed by atoms with E-state index < -0.39 is 13.0 Å². The SMILES string of the molecule is Cn1c(=O)n(C2CCCC2)c2c3c(-c4cc5cnccc5s4)c(-c4cnn(CC(F)F)c4)[nH]c3ncc21. The van der Waals surface area contributed by atoms with Gasteiger partial charge >= 0.3 is 5.69 Å². The van der Waals surface area contributed by atoms with E-state index in [9.17, 15) is 13.6 Å². The first-order valence-corrected chi connectivity index (χ1v) is 13.1. The highest BCUT2D eigenvalue weighted by Gasteiger charge is 2.28. The summed E-state index contributed by atoms with van der Waals surface area (Å²) in [5.41, 5.74) is 4.54. The molecule has 6 aromatic heterocycles. The molecule has 11 heteroatoms. The minimum Gasteiger partial charge on any atom is -0.339 e. The average molecular weight is 520 g/mol. The van der Waals surface area contributed by atoms with E-state index in [2.05, 4.69) is 21.1 Å². The zero-order valence-corrected chi connectivity index (χ0v) is 20.8. The number of aryl methyl sites for hydroxylation is 1. The molecule has 1 N–H and O–H groups in total. The third-order valence-electron chi connectivity index (χ3n) is 7.37. The van der Waals surface area contributed by atoms with Gasteiger partial charge in [0.1, 0.15) is 12.2 Å². The van der Waals surface area contributed by atoms with E-state index in [-0.39, 0.29) is 11.7 Å². The maximum atomic E-state index is 13.5. The molecule has 0 bridgehead atoms. The third kappa shape index (κ3) is 3.44. The molecule has 1 fully saturated rings. The molecule has 37 heavy (non-hydrogen) atoms. The van der Waals surface area contributed by atoms with Crippen LogP contribution in [0.3, 0.4) is 0 Å². The fourth-order valence-corrected chi connectivity index (χ4v) is 6.77. The Morgan fingerprint density at radius 2 is 2.05 bits per heavy atom. The van der Waals surface area contributed by atoms with Crippen molar-refractivity contribution >= 4 is 43.5 Å². The first-order chi connectivity index (χ1) is 18.0. The Hall–Kier alpha value is -3.86. The molecule has 1 aliphatic rings. The molecule has 0 spiro atoms. The van der Waals surface area contributed by atoms with Crippen LogP contribution in [0.5, 0.6) is 0 Å². The summed E-state index contributed by atoms with van der Waals surface area (Å²) < 4.78 is 32.1. The Balaban J connectivity index is 1.58. The molecule has 7 rings (SSSR count). The van der Waals surface area contributed by atoms with E-state index in [0.29, 0.717) is 11.2 Å². The number of rotatable bonds is 5. The van der Waals surface area contributed by atoms with Crippen molar-refractivity contribution in [3.8, 4) is 21.7 Å². The van der Waals surface area contributed by atoms with E-state index in [1.54, 1.807) is 47.7 Å². The lowest BCUT2D eigenvalue weighted by molar-refractivity contribution is 0.122. The van der Waals surface area contributed by atoms with Crippen LogP contribution < -0.4 is 5.69 Å². The number of H-pyrrole nitrogens is 1. The maximum absolute atomic E-state index is 13.5. The van der Waals surface area contributed by atoms with Crippen LogP contribution in [-0.4, -0.2) is 40.3 Å². The van der Waals surface area contributed by atoms with Crippen LogP contribution in [-0.2, 0) is 13.6 Å². The molecule has 6 heterocycles. The lowest BCUT2D eigenvalue weighted by Crippen LogP contribution is -2.24. The summed E-state index contributed by atoms with van der Waals surface area (Å²) in [6, 6.07) is 4.19. The van der Waals surface area contributed by atoms with Gasteiger partial charge in [0.15, 0.2) is 0 Å². The molecule has 0 saturated heterocycles. The predicted octanol–water partition coefficient (Wildman–Crippen LogP) is 5.74. The lowest BCUT2D eigenvalue weighted by Gasteiger charge is -2.12. The second-order valence-corrected chi connectivity index (χ2v) is 10.7. The molecule has 8 nitrogen and oxygen atoms in total. The summed E-state index contributed by atoms with van der Waals surface area (Å²) >= 11 is 1.62. The Morgan fingerprint density at radius 3 is 2.84 bits per heavy atom. The molecule has 6 aromatic rings. The molecule has 1 aliphatic carbocycles. The molecule has 1 saturated carbocycles. The summed E-state index contributed by atoms with van der Waals surface area (Å²) in [4.78, 5) is 26.9. The maximum Gasteiger partial charge on any atom is 0.329 e. The fraction of sp³-hybridized carbons (Fsp3) is 0.308. The number of thiophene rings is 1. The number of nitrogens with one attached hydrogen (secondary N) is 1. The number of hydrogen-bond acceptors (Lipinski definition) is 5. The lowest BCUT2D eigenvalue weighted by atomic mass is 10.1. The Kier molecular flexibility index (Phi) is 5.04. The van der Waals surface area contributed by atoms with Gasteiger partial charge in [-0.25, -0.2) is 18.6 Å². The standard InChI is InChI=1S/C26H23F2N7OS/c1-33-17-11-30-25-22(24(17)35(26(33)36)16-4-2-3-5-16)21(19-8-14-9-29-7-6-18(14)37-19)23(32-25)15-10-31-34(12-15)13-20(27)28/h6-12,16,20H,2-5,13H2,1H3,(H,30,32). The van der Waals surface area contributed by atoms with Crippen molar-refractivity contribution in [1.29, 1.82) is 0 Å². The van der Waals surface area contributed by atoms with Crippen molar-refractivity contribution in [1.82, 2.24) is 33.9 Å². The topological polar surface area (TPSA) is 86.3 Å². The van der Waals surface area contributed by atoms with E-state index in [4.69, 9.17) is 4.98 Å². The zero-order chi connectivity index (χ0) is 25.3. The number of hydrogen-bond donors (Lipinski definition) is 1. The average Bonchev–Trinajstić information content (AvgIpc) is 3.69. The number of fused-ring (bicyclic) bond motifs is 4. The molecule has 188 valence electrons. The number of halogens is 2. The van der Waals surface area contributed by atoms with Gasteiger partial charge in [-0.15, -0.1) is 11.3 Å². The number of aromatic nitrogens is 7. The van der Waals surface area contributed by atoms with Crippen LogP contribution >= 0.6 is 11.3 Å². The number of aromatic amines is 1. The van der Waals surface area contributed by atoms with Crippen LogP contribution in [0.25, 0.3) is 53.9 Å². The van der Waals surface area contributed by atoms with Crippen molar-refractivity contribution in [3.05, 3.63) is 53.6 Å². The van der Waals surface area contributed by atoms with E-state index in [0.717, 1.165) is 68.3 Å². The number of nitrogens with zero attached hydrogens (tertiary/aromatic N) is 6. The second kappa shape index (κ2) is 8.34. The Morgan fingerprint density at radius 1 is 1.22 bits per heavy atom. The monoisotopic (exact) mass is 519 g/mol. The number of alkyl halides is 2. The van der Waals surface area contributed by atoms with Gasteiger partial charge in [-0.3, -0.25) is 18.8 Å². The van der Waals surface area contributed by atoms with Crippen molar-refractivity contribution < 1.29 is 8.78 Å². The summed E-state index contributed by atoms with van der Waals surface area (Å²) in [7, 11) is 1.79. The van der Waals surface area contributed by atoms with Crippen LogP contribution in [0.2, 0.25) is 0 Å². The van der Waals surface area contributed by atoms with Crippen LogP contribution in [0, 0.1) is 0 Å². The van der Waals surface area contributed by atoms with Gasteiger partial charge in [0, 0.05) is 57.8 Å². The molecular weight excluding hydrogens is 496 g/mol. The number of pyridine rings is 2. The molecular formula is C26H23F2N7OS. The summed E-state index contributed by atoms with van der Waals surface area (Å²) in [5, 5.41) is 6.04. The Labute approximate surface area is 213 Å². The summed E-state index contributed by atoms with van der Waals surface area (Å²) in [6.07, 6.45) is 10.2. The van der Waals surface area contributed by atoms with Crippen molar-refractivity contribution in [3.63, 3.8) is 0 Å². The first-order valence-electron chi connectivity index (χ1n) is 12.3. The second-order valence-electron chi connectivity index (χ2n) is 9.61. The van der Waals surface area contributed by atoms with Gasteiger partial charge in [-0.1, -0.05) is 12.8 Å².